The van der Waals surface area contributed by atoms with E-state index in [2.05, 4.69) is 15.3 Å². The number of hydrogen-bond donors (Lipinski definition) is 3. The number of nitrogens with one attached hydrogen (secondary N) is 1. The number of carbonyl (C=O) groups excluding carboxylic acids is 1. The molecule has 0 aliphatic heterocycles. The van der Waals surface area contributed by atoms with Gasteiger partial charge in [-0.25, -0.2) is 9.97 Å². The summed E-state index contributed by atoms with van der Waals surface area (Å²) in [7, 11) is -4.46. The number of hydrogen-bond acceptors (Lipinski definition) is 4. The fourth-order valence-electron chi connectivity index (χ4n) is 3.66. The largest absolute Gasteiger partial charge is 0.374 e. The fraction of sp³-hybridized carbons (Fsp3) is 0.174. The highest BCUT2D eigenvalue weighted by molar-refractivity contribution is 7.60. The van der Waals surface area contributed by atoms with Gasteiger partial charge in [-0.15, -0.1) is 0 Å². The van der Waals surface area contributed by atoms with Gasteiger partial charge < -0.3 is 15.1 Å². The molecule has 0 spiro atoms. The first-order valence-electron chi connectivity index (χ1n) is 10.2. The third-order valence-corrected chi connectivity index (χ3v) is 6.23. The van der Waals surface area contributed by atoms with Crippen LogP contribution < -0.4 is 10.8 Å². The second-order valence-electron chi connectivity index (χ2n) is 8.04. The summed E-state index contributed by atoms with van der Waals surface area (Å²) < 4.78 is 13.6. The van der Waals surface area contributed by atoms with E-state index in [1.54, 1.807) is 19.2 Å². The number of anilines is 1. The molecule has 3 heterocycles. The Morgan fingerprint density at radius 3 is 2.56 bits per heavy atom. The molecule has 3 N–H and O–H groups in total. The summed E-state index contributed by atoms with van der Waals surface area (Å²) in [5, 5.41) is 2.88. The minimum absolute atomic E-state index is 0.00309. The summed E-state index contributed by atoms with van der Waals surface area (Å²) in [6.07, 6.45) is 3.65. The number of benzene rings is 1. The van der Waals surface area contributed by atoms with Crippen molar-refractivity contribution in [3.05, 3.63) is 66.4 Å². The number of aryl methyl sites for hydroxylation is 1. The van der Waals surface area contributed by atoms with Crippen molar-refractivity contribution in [1.82, 2.24) is 14.4 Å². The van der Waals surface area contributed by atoms with Gasteiger partial charge in [0.15, 0.2) is 11.3 Å². The number of nitrogens with zero attached hydrogens (tertiary/aromatic N) is 3. The van der Waals surface area contributed by atoms with Crippen LogP contribution in [0.25, 0.3) is 28.2 Å². The maximum absolute atomic E-state index is 12.1. The normalized spacial score (nSPS) is 14.0. The molecular formula is C23H21N4O4P. The monoisotopic (exact) mass is 448 g/mol. The van der Waals surface area contributed by atoms with E-state index < -0.39 is 7.60 Å². The van der Waals surface area contributed by atoms with Gasteiger partial charge in [-0.1, -0.05) is 24.3 Å². The molecule has 4 aromatic rings. The van der Waals surface area contributed by atoms with Crippen molar-refractivity contribution in [3.8, 4) is 22.5 Å². The van der Waals surface area contributed by atoms with E-state index in [1.165, 1.54) is 6.07 Å². The molecule has 0 saturated heterocycles. The molecule has 5 rings (SSSR count). The van der Waals surface area contributed by atoms with Crippen molar-refractivity contribution in [1.29, 1.82) is 0 Å². The molecule has 1 aliphatic carbocycles. The SMILES string of the molecule is Cc1cc(-c2cccc(-c3cccc4nc(NC(=O)C5CC5)cn34)c2)nc(P(=O)(O)O)c1. The van der Waals surface area contributed by atoms with Crippen LogP contribution in [0, 0.1) is 12.8 Å². The average molecular weight is 448 g/mol. The Labute approximate surface area is 184 Å². The van der Waals surface area contributed by atoms with Crippen molar-refractivity contribution in [3.63, 3.8) is 0 Å². The van der Waals surface area contributed by atoms with Crippen LogP contribution in [0.15, 0.2) is 60.8 Å². The second-order valence-corrected chi connectivity index (χ2v) is 9.59. The van der Waals surface area contributed by atoms with E-state index in [0.717, 1.165) is 29.7 Å². The highest BCUT2D eigenvalue weighted by atomic mass is 31.2. The van der Waals surface area contributed by atoms with E-state index >= 15 is 0 Å². The number of aromatic nitrogens is 3. The molecule has 0 bridgehead atoms. The first-order valence-corrected chi connectivity index (χ1v) is 11.8. The molecule has 1 aliphatic rings. The third-order valence-electron chi connectivity index (χ3n) is 5.40. The number of pyridine rings is 2. The van der Waals surface area contributed by atoms with Gasteiger partial charge in [-0.05, 0) is 61.2 Å². The van der Waals surface area contributed by atoms with Gasteiger partial charge in [0, 0.05) is 11.5 Å². The smallest absolute Gasteiger partial charge is 0.320 e. The van der Waals surface area contributed by atoms with Gasteiger partial charge in [0.1, 0.15) is 5.65 Å². The number of imidazole rings is 1. The molecule has 1 amide bonds. The van der Waals surface area contributed by atoms with Crippen LogP contribution >= 0.6 is 7.60 Å². The lowest BCUT2D eigenvalue weighted by atomic mass is 10.0. The summed E-state index contributed by atoms with van der Waals surface area (Å²) in [5.74, 6) is 0.608. The first kappa shape index (κ1) is 20.6. The van der Waals surface area contributed by atoms with Crippen LogP contribution in [-0.2, 0) is 9.36 Å². The van der Waals surface area contributed by atoms with Gasteiger partial charge in [-0.2, -0.15) is 0 Å². The van der Waals surface area contributed by atoms with Crippen molar-refractivity contribution in [2.75, 3.05) is 5.32 Å². The summed E-state index contributed by atoms with van der Waals surface area (Å²) in [6.45, 7) is 1.78. The van der Waals surface area contributed by atoms with Crippen LogP contribution in [0.4, 0.5) is 5.82 Å². The summed E-state index contributed by atoms with van der Waals surface area (Å²) >= 11 is 0. The molecular weight excluding hydrogens is 427 g/mol. The number of rotatable bonds is 5. The molecule has 0 radical (unpaired) electrons. The van der Waals surface area contributed by atoms with Crippen LogP contribution in [0.5, 0.6) is 0 Å². The second kappa shape index (κ2) is 7.67. The van der Waals surface area contributed by atoms with Crippen LogP contribution in [0.3, 0.4) is 0 Å². The Morgan fingerprint density at radius 1 is 1.06 bits per heavy atom. The lowest BCUT2D eigenvalue weighted by molar-refractivity contribution is -0.117. The Balaban J connectivity index is 1.55. The fourth-order valence-corrected chi connectivity index (χ4v) is 4.27. The number of carbonyl (C=O) groups is 1. The van der Waals surface area contributed by atoms with E-state index in [0.29, 0.717) is 22.7 Å². The minimum atomic E-state index is -4.46. The molecule has 9 heteroatoms. The zero-order valence-electron chi connectivity index (χ0n) is 17.3. The summed E-state index contributed by atoms with van der Waals surface area (Å²) in [6, 6.07) is 16.5. The van der Waals surface area contributed by atoms with Crippen LogP contribution in [-0.4, -0.2) is 30.1 Å². The average Bonchev–Trinajstić information content (AvgIpc) is 3.52. The maximum atomic E-state index is 12.1. The molecule has 0 atom stereocenters. The number of amides is 1. The van der Waals surface area contributed by atoms with Crippen molar-refractivity contribution < 1.29 is 19.1 Å². The van der Waals surface area contributed by atoms with E-state index in [9.17, 15) is 19.1 Å². The lowest BCUT2D eigenvalue weighted by Gasteiger charge is -2.10. The first-order chi connectivity index (χ1) is 15.3. The quantitative estimate of drug-likeness (QED) is 0.402. The predicted octanol–water partition coefficient (Wildman–Crippen LogP) is 3.52. The minimum Gasteiger partial charge on any atom is -0.320 e. The summed E-state index contributed by atoms with van der Waals surface area (Å²) in [4.78, 5) is 39.9. The molecule has 162 valence electrons. The van der Waals surface area contributed by atoms with Crippen molar-refractivity contribution in [2.24, 2.45) is 5.92 Å². The Kier molecular flexibility index (Phi) is 4.93. The zero-order valence-corrected chi connectivity index (χ0v) is 18.2. The molecule has 8 nitrogen and oxygen atoms in total. The van der Waals surface area contributed by atoms with E-state index in [-0.39, 0.29) is 17.3 Å². The molecule has 0 unspecified atom stereocenters. The standard InChI is InChI=1S/C23H21N4O4P/c1-14-10-18(24-22(11-14)32(29,30)31)16-4-2-5-17(12-16)19-6-3-7-21-25-20(13-27(19)21)26-23(28)15-8-9-15/h2-7,10-13,15H,8-9H2,1H3,(H,26,28)(H2,29,30,31). The van der Waals surface area contributed by atoms with E-state index in [1.807, 2.05) is 46.9 Å². The molecule has 32 heavy (non-hydrogen) atoms. The highest BCUT2D eigenvalue weighted by Crippen LogP contribution is 2.34. The zero-order chi connectivity index (χ0) is 22.5. The molecule has 1 saturated carbocycles. The highest BCUT2D eigenvalue weighted by Gasteiger charge is 2.30. The van der Waals surface area contributed by atoms with Gasteiger partial charge in [0.05, 0.1) is 17.6 Å². The summed E-state index contributed by atoms with van der Waals surface area (Å²) in [5.41, 5.74) is 4.15. The van der Waals surface area contributed by atoms with Gasteiger partial charge in [0.2, 0.25) is 5.91 Å². The lowest BCUT2D eigenvalue weighted by Crippen LogP contribution is -2.13. The number of fused-ring (bicyclic) bond motifs is 1. The van der Waals surface area contributed by atoms with Gasteiger partial charge in [-0.3, -0.25) is 13.8 Å². The van der Waals surface area contributed by atoms with Crippen LogP contribution in [0.1, 0.15) is 18.4 Å². The van der Waals surface area contributed by atoms with Gasteiger partial charge >= 0.3 is 7.60 Å². The molecule has 1 fully saturated rings. The molecule has 1 aromatic carbocycles. The predicted molar refractivity (Wildman–Crippen MR) is 122 cm³/mol. The van der Waals surface area contributed by atoms with Crippen molar-refractivity contribution >= 4 is 30.4 Å². The van der Waals surface area contributed by atoms with Crippen LogP contribution in [0.2, 0.25) is 0 Å². The third kappa shape index (κ3) is 4.08. The Morgan fingerprint density at radius 2 is 1.81 bits per heavy atom. The maximum Gasteiger partial charge on any atom is 0.374 e. The van der Waals surface area contributed by atoms with E-state index in [4.69, 9.17) is 0 Å². The molecule has 3 aromatic heterocycles. The van der Waals surface area contributed by atoms with Crippen molar-refractivity contribution in [2.45, 2.75) is 19.8 Å². The Bertz CT molecular complexity index is 1400. The topological polar surface area (TPSA) is 117 Å². The van der Waals surface area contributed by atoms with Gasteiger partial charge in [0.25, 0.3) is 0 Å². The Hall–Kier alpha value is -3.32.